The van der Waals surface area contributed by atoms with Gasteiger partial charge < -0.3 is 19.4 Å². The van der Waals surface area contributed by atoms with Crippen molar-refractivity contribution < 1.29 is 24.0 Å². The third-order valence-corrected chi connectivity index (χ3v) is 5.76. The Hall–Kier alpha value is -2.60. The van der Waals surface area contributed by atoms with Gasteiger partial charge in [-0.15, -0.1) is 0 Å². The lowest BCUT2D eigenvalue weighted by Crippen LogP contribution is -3.11. The maximum atomic E-state index is 13.0. The molecule has 3 rings (SSSR count). The van der Waals surface area contributed by atoms with Gasteiger partial charge in [-0.1, -0.05) is 0 Å². The van der Waals surface area contributed by atoms with Crippen LogP contribution in [0.15, 0.2) is 18.2 Å². The average Bonchev–Trinajstić information content (AvgIpc) is 3.24. The molecule has 0 amide bonds. The fourth-order valence-electron chi connectivity index (χ4n) is 4.46. The van der Waals surface area contributed by atoms with Crippen LogP contribution in [0.3, 0.4) is 0 Å². The number of nitrogens with one attached hydrogen (secondary N) is 2. The van der Waals surface area contributed by atoms with Crippen LogP contribution in [0.2, 0.25) is 0 Å². The highest BCUT2D eigenvalue weighted by atomic mass is 16.5. The molecule has 1 aliphatic rings. The zero-order valence-electron chi connectivity index (χ0n) is 17.3. The van der Waals surface area contributed by atoms with Crippen molar-refractivity contribution in [3.8, 4) is 11.5 Å². The van der Waals surface area contributed by atoms with E-state index in [1.54, 1.807) is 14.2 Å². The van der Waals surface area contributed by atoms with E-state index >= 15 is 0 Å². The number of benzene rings is 1. The van der Waals surface area contributed by atoms with Crippen molar-refractivity contribution in [2.75, 3.05) is 27.3 Å². The Morgan fingerprint density at radius 2 is 1.96 bits per heavy atom. The fourth-order valence-corrected chi connectivity index (χ4v) is 4.46. The lowest BCUT2D eigenvalue weighted by molar-refractivity contribution is -0.910. The minimum atomic E-state index is -0.0142. The summed E-state index contributed by atoms with van der Waals surface area (Å²) in [4.78, 5) is 29.3. The summed E-state index contributed by atoms with van der Waals surface area (Å²) in [6.45, 7) is 6.54. The normalized spacial score (nSPS) is 18.9. The second-order valence-corrected chi connectivity index (χ2v) is 7.49. The standard InChI is InChI=1S/C22H28N2O4/c1-13-21(15(3)25)14(2)23-22(13)19(26)12-24-10-6-7-18(24)17-9-8-16(27-4)11-20(17)28-5/h8-9,11,18,23H,6-7,10,12H2,1-5H3/p+1/t18-/m0/s1. The van der Waals surface area contributed by atoms with Crippen LogP contribution in [0.25, 0.3) is 0 Å². The molecular formula is C22H29N2O4+. The topological polar surface area (TPSA) is 72.8 Å². The quantitative estimate of drug-likeness (QED) is 0.718. The van der Waals surface area contributed by atoms with Crippen LogP contribution >= 0.6 is 0 Å². The van der Waals surface area contributed by atoms with Gasteiger partial charge >= 0.3 is 0 Å². The Kier molecular flexibility index (Phi) is 5.89. The summed E-state index contributed by atoms with van der Waals surface area (Å²) in [6.07, 6.45) is 2.07. The zero-order valence-corrected chi connectivity index (χ0v) is 17.3. The van der Waals surface area contributed by atoms with Gasteiger partial charge in [0, 0.05) is 30.2 Å². The predicted octanol–water partition coefficient (Wildman–Crippen LogP) is 2.45. The number of ether oxygens (including phenoxy) is 2. The van der Waals surface area contributed by atoms with Gasteiger partial charge in [0.15, 0.2) is 5.78 Å². The molecule has 150 valence electrons. The largest absolute Gasteiger partial charge is 0.497 e. The number of Topliss-reactive ketones (excluding diaryl/α,β-unsaturated/α-hetero) is 2. The van der Waals surface area contributed by atoms with Gasteiger partial charge in [-0.2, -0.15) is 0 Å². The Balaban J connectivity index is 1.84. The molecule has 2 N–H and O–H groups in total. The number of rotatable bonds is 7. The third kappa shape index (κ3) is 3.69. The van der Waals surface area contributed by atoms with Crippen molar-refractivity contribution >= 4 is 11.6 Å². The van der Waals surface area contributed by atoms with Crippen molar-refractivity contribution in [1.29, 1.82) is 0 Å². The summed E-state index contributed by atoms with van der Waals surface area (Å²) >= 11 is 0. The van der Waals surface area contributed by atoms with E-state index in [0.717, 1.165) is 47.7 Å². The number of quaternary nitrogens is 1. The number of likely N-dealkylation sites (tertiary alicyclic amines) is 1. The molecule has 0 radical (unpaired) electrons. The fraction of sp³-hybridized carbons (Fsp3) is 0.455. The van der Waals surface area contributed by atoms with Crippen LogP contribution < -0.4 is 14.4 Å². The minimum Gasteiger partial charge on any atom is -0.497 e. The van der Waals surface area contributed by atoms with Gasteiger partial charge in [-0.3, -0.25) is 9.59 Å². The molecule has 1 saturated heterocycles. The molecule has 1 aromatic carbocycles. The van der Waals surface area contributed by atoms with Crippen LogP contribution in [-0.2, 0) is 0 Å². The van der Waals surface area contributed by atoms with Crippen molar-refractivity contribution in [2.45, 2.75) is 39.7 Å². The molecule has 2 aromatic rings. The maximum Gasteiger partial charge on any atom is 0.233 e. The summed E-state index contributed by atoms with van der Waals surface area (Å²) in [7, 11) is 3.29. The molecule has 2 atom stereocenters. The Labute approximate surface area is 165 Å². The summed E-state index contributed by atoms with van der Waals surface area (Å²) in [6, 6.07) is 6.07. The molecule has 1 fully saturated rings. The molecule has 1 aromatic heterocycles. The predicted molar refractivity (Wildman–Crippen MR) is 107 cm³/mol. The molecule has 0 aliphatic carbocycles. The molecule has 28 heavy (non-hydrogen) atoms. The molecule has 1 aliphatic heterocycles. The lowest BCUT2D eigenvalue weighted by Gasteiger charge is -2.23. The number of aromatic amines is 1. The molecule has 0 saturated carbocycles. The smallest absolute Gasteiger partial charge is 0.233 e. The van der Waals surface area contributed by atoms with E-state index in [9.17, 15) is 9.59 Å². The monoisotopic (exact) mass is 385 g/mol. The first-order chi connectivity index (χ1) is 13.4. The van der Waals surface area contributed by atoms with Crippen molar-refractivity contribution in [3.05, 3.63) is 46.3 Å². The number of aryl methyl sites for hydroxylation is 1. The highest BCUT2D eigenvalue weighted by molar-refractivity contribution is 6.03. The molecular weight excluding hydrogens is 356 g/mol. The van der Waals surface area contributed by atoms with Crippen molar-refractivity contribution in [1.82, 2.24) is 4.98 Å². The van der Waals surface area contributed by atoms with Gasteiger partial charge in [-0.05, 0) is 38.5 Å². The van der Waals surface area contributed by atoms with Gasteiger partial charge in [0.25, 0.3) is 0 Å². The zero-order chi connectivity index (χ0) is 20.4. The van der Waals surface area contributed by atoms with Gasteiger partial charge in [0.05, 0.1) is 32.0 Å². The number of carbonyl (C=O) groups excluding carboxylic acids is 2. The van der Waals surface area contributed by atoms with E-state index in [1.807, 2.05) is 32.0 Å². The van der Waals surface area contributed by atoms with E-state index in [4.69, 9.17) is 9.47 Å². The van der Waals surface area contributed by atoms with Crippen molar-refractivity contribution in [3.63, 3.8) is 0 Å². The first-order valence-electron chi connectivity index (χ1n) is 9.67. The van der Waals surface area contributed by atoms with Crippen LogP contribution in [0.5, 0.6) is 11.5 Å². The first-order valence-corrected chi connectivity index (χ1v) is 9.67. The molecule has 6 nitrogen and oxygen atoms in total. The maximum absolute atomic E-state index is 13.0. The van der Waals surface area contributed by atoms with E-state index in [0.29, 0.717) is 17.8 Å². The molecule has 0 bridgehead atoms. The van der Waals surface area contributed by atoms with E-state index in [-0.39, 0.29) is 17.6 Å². The SMILES string of the molecule is COc1ccc([C@@H]2CCC[NH+]2CC(=O)c2[nH]c(C)c(C(C)=O)c2C)c(OC)c1. The second kappa shape index (κ2) is 8.19. The van der Waals surface area contributed by atoms with Gasteiger partial charge in [-0.25, -0.2) is 0 Å². The number of hydrogen-bond donors (Lipinski definition) is 2. The second-order valence-electron chi connectivity index (χ2n) is 7.49. The Morgan fingerprint density at radius 1 is 1.21 bits per heavy atom. The summed E-state index contributed by atoms with van der Waals surface area (Å²) < 4.78 is 10.9. The minimum absolute atomic E-state index is 0.0142. The number of hydrogen-bond acceptors (Lipinski definition) is 4. The number of H-pyrrole nitrogens is 1. The molecule has 6 heteroatoms. The summed E-state index contributed by atoms with van der Waals surface area (Å²) in [5.41, 5.74) is 3.81. The van der Waals surface area contributed by atoms with E-state index in [2.05, 4.69) is 4.98 Å². The van der Waals surface area contributed by atoms with Crippen LogP contribution in [0, 0.1) is 13.8 Å². The van der Waals surface area contributed by atoms with Crippen molar-refractivity contribution in [2.24, 2.45) is 0 Å². The summed E-state index contributed by atoms with van der Waals surface area (Å²) in [5, 5.41) is 0. The number of carbonyl (C=O) groups is 2. The van der Waals surface area contributed by atoms with Gasteiger partial charge in [0.2, 0.25) is 5.78 Å². The molecule has 2 heterocycles. The Morgan fingerprint density at radius 3 is 2.57 bits per heavy atom. The average molecular weight is 385 g/mol. The van der Waals surface area contributed by atoms with E-state index in [1.165, 1.54) is 11.8 Å². The first kappa shape index (κ1) is 20.1. The van der Waals surface area contributed by atoms with Gasteiger partial charge in [0.1, 0.15) is 24.1 Å². The van der Waals surface area contributed by atoms with E-state index < -0.39 is 0 Å². The highest BCUT2D eigenvalue weighted by Gasteiger charge is 2.34. The number of methoxy groups -OCH3 is 2. The Bertz CT molecular complexity index is 900. The lowest BCUT2D eigenvalue weighted by atomic mass is 10.0. The third-order valence-electron chi connectivity index (χ3n) is 5.76. The number of ketones is 2. The highest BCUT2D eigenvalue weighted by Crippen LogP contribution is 2.31. The van der Waals surface area contributed by atoms with Crippen LogP contribution in [-0.4, -0.2) is 43.9 Å². The number of aromatic nitrogens is 1. The molecule has 1 unspecified atom stereocenters. The van der Waals surface area contributed by atoms with Crippen LogP contribution in [0.1, 0.15) is 63.5 Å². The van der Waals surface area contributed by atoms with Crippen LogP contribution in [0.4, 0.5) is 0 Å². The summed E-state index contributed by atoms with van der Waals surface area (Å²) in [5.74, 6) is 1.58. The molecule has 0 spiro atoms.